The van der Waals surface area contributed by atoms with Crippen LogP contribution < -0.4 is 10.1 Å². The van der Waals surface area contributed by atoms with Gasteiger partial charge in [0, 0.05) is 6.04 Å². The van der Waals surface area contributed by atoms with Gasteiger partial charge >= 0.3 is 0 Å². The Balaban J connectivity index is 1.89. The lowest BCUT2D eigenvalue weighted by Crippen LogP contribution is -2.25. The number of aliphatic hydroxyl groups excluding tert-OH is 1. The van der Waals surface area contributed by atoms with Crippen LogP contribution in [0.5, 0.6) is 5.75 Å². The zero-order valence-electron chi connectivity index (χ0n) is 11.5. The lowest BCUT2D eigenvalue weighted by atomic mass is 10.1. The van der Waals surface area contributed by atoms with Gasteiger partial charge in [-0.25, -0.2) is 0 Å². The average molecular weight is 328 g/mol. The lowest BCUT2D eigenvalue weighted by Gasteiger charge is -2.18. The standard InChI is InChI=1S/C15H22BrNO2/c1-10(17-9-11-3-5-13(18)7-11)12-4-6-15(19-2)14(16)8-12/h4,6,8,10-11,13,17-18H,3,5,7,9H2,1-2H3. The van der Waals surface area contributed by atoms with E-state index in [0.29, 0.717) is 12.0 Å². The van der Waals surface area contributed by atoms with E-state index in [1.54, 1.807) is 7.11 Å². The molecule has 3 nitrogen and oxygen atoms in total. The maximum Gasteiger partial charge on any atom is 0.133 e. The Morgan fingerprint density at radius 1 is 1.47 bits per heavy atom. The van der Waals surface area contributed by atoms with Crippen LogP contribution in [0.25, 0.3) is 0 Å². The van der Waals surface area contributed by atoms with Crippen LogP contribution in [0, 0.1) is 5.92 Å². The van der Waals surface area contributed by atoms with Gasteiger partial charge in [0.2, 0.25) is 0 Å². The number of ether oxygens (including phenoxy) is 1. The molecule has 1 saturated carbocycles. The SMILES string of the molecule is COc1ccc(C(C)NCC2CCC(O)C2)cc1Br. The van der Waals surface area contributed by atoms with Crippen molar-refractivity contribution in [3.05, 3.63) is 28.2 Å². The number of halogens is 1. The highest BCUT2D eigenvalue weighted by Crippen LogP contribution is 2.29. The molecule has 0 aromatic heterocycles. The van der Waals surface area contributed by atoms with Gasteiger partial charge in [0.1, 0.15) is 5.75 Å². The van der Waals surface area contributed by atoms with Crippen molar-refractivity contribution in [1.82, 2.24) is 5.32 Å². The molecule has 0 radical (unpaired) electrons. The molecule has 0 saturated heterocycles. The number of benzene rings is 1. The van der Waals surface area contributed by atoms with Crippen molar-refractivity contribution in [1.29, 1.82) is 0 Å². The first-order chi connectivity index (χ1) is 9.10. The van der Waals surface area contributed by atoms with Gasteiger partial charge in [-0.2, -0.15) is 0 Å². The van der Waals surface area contributed by atoms with E-state index in [1.807, 2.05) is 6.07 Å². The minimum atomic E-state index is -0.0859. The quantitative estimate of drug-likeness (QED) is 0.872. The fourth-order valence-electron chi connectivity index (χ4n) is 2.65. The van der Waals surface area contributed by atoms with Crippen molar-refractivity contribution in [3.8, 4) is 5.75 Å². The lowest BCUT2D eigenvalue weighted by molar-refractivity contribution is 0.177. The van der Waals surface area contributed by atoms with Gasteiger partial charge in [-0.1, -0.05) is 6.07 Å². The monoisotopic (exact) mass is 327 g/mol. The fourth-order valence-corrected chi connectivity index (χ4v) is 3.21. The van der Waals surface area contributed by atoms with E-state index >= 15 is 0 Å². The molecular formula is C15H22BrNO2. The molecule has 0 aliphatic heterocycles. The third-order valence-corrected chi connectivity index (χ3v) is 4.52. The van der Waals surface area contributed by atoms with Gasteiger partial charge in [-0.3, -0.25) is 0 Å². The molecule has 106 valence electrons. The van der Waals surface area contributed by atoms with Crippen LogP contribution in [0.15, 0.2) is 22.7 Å². The predicted octanol–water partition coefficient (Wildman–Crippen LogP) is 3.27. The summed E-state index contributed by atoms with van der Waals surface area (Å²) < 4.78 is 6.22. The maximum atomic E-state index is 9.53. The second-order valence-electron chi connectivity index (χ2n) is 5.36. The molecule has 1 fully saturated rings. The number of hydrogen-bond donors (Lipinski definition) is 2. The van der Waals surface area contributed by atoms with E-state index in [9.17, 15) is 5.11 Å². The normalized spacial score (nSPS) is 24.4. The Labute approximate surface area is 123 Å². The van der Waals surface area contributed by atoms with Crippen LogP contribution in [-0.4, -0.2) is 24.9 Å². The molecule has 0 amide bonds. The highest BCUT2D eigenvalue weighted by molar-refractivity contribution is 9.10. The first-order valence-electron chi connectivity index (χ1n) is 6.85. The number of rotatable bonds is 5. The average Bonchev–Trinajstić information content (AvgIpc) is 2.81. The number of hydrogen-bond acceptors (Lipinski definition) is 3. The summed E-state index contributed by atoms with van der Waals surface area (Å²) in [6, 6.07) is 6.47. The van der Waals surface area contributed by atoms with Gasteiger partial charge < -0.3 is 15.2 Å². The molecule has 0 bridgehead atoms. The maximum absolute atomic E-state index is 9.53. The third-order valence-electron chi connectivity index (χ3n) is 3.90. The summed E-state index contributed by atoms with van der Waals surface area (Å²) in [6.45, 7) is 3.14. The zero-order valence-corrected chi connectivity index (χ0v) is 13.1. The first-order valence-corrected chi connectivity index (χ1v) is 7.64. The van der Waals surface area contributed by atoms with Crippen molar-refractivity contribution < 1.29 is 9.84 Å². The third kappa shape index (κ3) is 3.94. The summed E-state index contributed by atoms with van der Waals surface area (Å²) in [6.07, 6.45) is 2.94. The molecule has 1 aliphatic rings. The summed E-state index contributed by atoms with van der Waals surface area (Å²) in [7, 11) is 1.67. The van der Waals surface area contributed by atoms with Gasteiger partial charge in [-0.05, 0) is 72.3 Å². The van der Waals surface area contributed by atoms with Crippen LogP contribution in [0.4, 0.5) is 0 Å². The topological polar surface area (TPSA) is 41.5 Å². The molecular weight excluding hydrogens is 306 g/mol. The second-order valence-corrected chi connectivity index (χ2v) is 6.21. The number of nitrogens with one attached hydrogen (secondary N) is 1. The summed E-state index contributed by atoms with van der Waals surface area (Å²) in [5.74, 6) is 1.47. The minimum Gasteiger partial charge on any atom is -0.496 e. The van der Waals surface area contributed by atoms with E-state index < -0.39 is 0 Å². The molecule has 1 aromatic rings. The van der Waals surface area contributed by atoms with Crippen molar-refractivity contribution in [3.63, 3.8) is 0 Å². The molecule has 1 aromatic carbocycles. The van der Waals surface area contributed by atoms with Crippen molar-refractivity contribution in [2.24, 2.45) is 5.92 Å². The van der Waals surface area contributed by atoms with Gasteiger partial charge in [-0.15, -0.1) is 0 Å². The molecule has 19 heavy (non-hydrogen) atoms. The number of aliphatic hydroxyl groups is 1. The molecule has 0 heterocycles. The minimum absolute atomic E-state index is 0.0859. The smallest absolute Gasteiger partial charge is 0.133 e. The summed E-state index contributed by atoms with van der Waals surface area (Å²) >= 11 is 3.52. The zero-order chi connectivity index (χ0) is 13.8. The highest BCUT2D eigenvalue weighted by atomic mass is 79.9. The largest absolute Gasteiger partial charge is 0.496 e. The molecule has 4 heteroatoms. The number of methoxy groups -OCH3 is 1. The van der Waals surface area contributed by atoms with E-state index in [-0.39, 0.29) is 6.10 Å². The summed E-state index contributed by atoms with van der Waals surface area (Å²) in [5, 5.41) is 13.1. The van der Waals surface area contributed by atoms with Crippen molar-refractivity contribution in [2.45, 2.75) is 38.3 Å². The van der Waals surface area contributed by atoms with Crippen molar-refractivity contribution in [2.75, 3.05) is 13.7 Å². The van der Waals surface area contributed by atoms with Crippen molar-refractivity contribution >= 4 is 15.9 Å². The van der Waals surface area contributed by atoms with E-state index in [4.69, 9.17) is 4.74 Å². The summed E-state index contributed by atoms with van der Waals surface area (Å²) in [5.41, 5.74) is 1.24. The highest BCUT2D eigenvalue weighted by Gasteiger charge is 2.22. The fraction of sp³-hybridized carbons (Fsp3) is 0.600. The van der Waals surface area contributed by atoms with Gasteiger partial charge in [0.25, 0.3) is 0 Å². The van der Waals surface area contributed by atoms with Crippen LogP contribution in [0.1, 0.15) is 37.8 Å². The van der Waals surface area contributed by atoms with Crippen LogP contribution in [-0.2, 0) is 0 Å². The van der Waals surface area contributed by atoms with E-state index in [0.717, 1.165) is 36.0 Å². The molecule has 0 spiro atoms. The summed E-state index contributed by atoms with van der Waals surface area (Å²) in [4.78, 5) is 0. The van der Waals surface area contributed by atoms with Crippen LogP contribution in [0.3, 0.4) is 0 Å². The molecule has 2 N–H and O–H groups in total. The molecule has 3 unspecified atom stereocenters. The Morgan fingerprint density at radius 3 is 2.84 bits per heavy atom. The Bertz CT molecular complexity index is 425. The van der Waals surface area contributed by atoms with Gasteiger partial charge in [0.15, 0.2) is 0 Å². The Kier molecular flexibility index (Phi) is 5.25. The van der Waals surface area contributed by atoms with Crippen LogP contribution in [0.2, 0.25) is 0 Å². The Morgan fingerprint density at radius 2 is 2.26 bits per heavy atom. The van der Waals surface area contributed by atoms with Crippen LogP contribution >= 0.6 is 15.9 Å². The molecule has 2 rings (SSSR count). The molecule has 3 atom stereocenters. The predicted molar refractivity (Wildman–Crippen MR) is 80.5 cm³/mol. The second kappa shape index (κ2) is 6.73. The first kappa shape index (κ1) is 14.8. The Hall–Kier alpha value is -0.580. The van der Waals surface area contributed by atoms with E-state index in [2.05, 4.69) is 40.3 Å². The molecule has 1 aliphatic carbocycles. The van der Waals surface area contributed by atoms with Gasteiger partial charge in [0.05, 0.1) is 17.7 Å². The van der Waals surface area contributed by atoms with E-state index in [1.165, 1.54) is 5.56 Å².